The van der Waals surface area contributed by atoms with Crippen LogP contribution in [0.1, 0.15) is 39.7 Å². The zero-order valence-corrected chi connectivity index (χ0v) is 18.7. The van der Waals surface area contributed by atoms with E-state index in [9.17, 15) is 8.78 Å². The molecule has 4 rings (SSSR count). The van der Waals surface area contributed by atoms with E-state index in [0.29, 0.717) is 6.54 Å². The van der Waals surface area contributed by atoms with Crippen molar-refractivity contribution in [1.82, 2.24) is 20.1 Å². The molecule has 0 aliphatic heterocycles. The highest BCUT2D eigenvalue weighted by molar-refractivity contribution is 7.11. The highest BCUT2D eigenvalue weighted by atomic mass is 32.1. The van der Waals surface area contributed by atoms with Crippen molar-refractivity contribution < 1.29 is 8.78 Å². The van der Waals surface area contributed by atoms with Crippen molar-refractivity contribution in [3.05, 3.63) is 87.0 Å². The Morgan fingerprint density at radius 1 is 1.10 bits per heavy atom. The maximum absolute atomic E-state index is 14.4. The number of nitrogens with one attached hydrogen (secondary N) is 1. The quantitative estimate of drug-likeness (QED) is 0.398. The third-order valence-electron chi connectivity index (χ3n) is 5.30. The molecule has 0 aliphatic carbocycles. The molecular formula is C24H24F2N4S. The molecule has 1 N–H and O–H groups in total. The van der Waals surface area contributed by atoms with E-state index < -0.39 is 11.6 Å². The van der Waals surface area contributed by atoms with Crippen molar-refractivity contribution in [2.45, 2.75) is 40.3 Å². The van der Waals surface area contributed by atoms with Crippen LogP contribution >= 0.6 is 11.3 Å². The number of benzene rings is 2. The first-order valence-corrected chi connectivity index (χ1v) is 10.9. The van der Waals surface area contributed by atoms with E-state index in [-0.39, 0.29) is 11.7 Å². The number of nitrogens with zero attached hydrogens (tertiary/aromatic N) is 3. The zero-order chi connectivity index (χ0) is 22.1. The minimum absolute atomic E-state index is 0.0561. The van der Waals surface area contributed by atoms with Gasteiger partial charge in [-0.2, -0.15) is 5.10 Å². The average molecular weight is 439 g/mol. The van der Waals surface area contributed by atoms with Crippen LogP contribution in [0.25, 0.3) is 16.9 Å². The van der Waals surface area contributed by atoms with Gasteiger partial charge in [0.15, 0.2) is 5.82 Å². The van der Waals surface area contributed by atoms with Crippen molar-refractivity contribution in [2.24, 2.45) is 0 Å². The second-order valence-corrected chi connectivity index (χ2v) is 9.04. The first kappa shape index (κ1) is 21.3. The Balaban J connectivity index is 1.70. The van der Waals surface area contributed by atoms with Gasteiger partial charge in [-0.25, -0.2) is 18.4 Å². The van der Waals surface area contributed by atoms with Gasteiger partial charge in [0.2, 0.25) is 0 Å². The lowest BCUT2D eigenvalue weighted by Gasteiger charge is -2.13. The fourth-order valence-corrected chi connectivity index (χ4v) is 4.62. The summed E-state index contributed by atoms with van der Waals surface area (Å²) < 4.78 is 29.3. The lowest BCUT2D eigenvalue weighted by atomic mass is 10.0. The summed E-state index contributed by atoms with van der Waals surface area (Å²) in [4.78, 5) is 5.83. The van der Waals surface area contributed by atoms with Crippen LogP contribution in [0.5, 0.6) is 0 Å². The summed E-state index contributed by atoms with van der Waals surface area (Å²) in [5, 5.41) is 9.24. The molecule has 0 bridgehead atoms. The minimum Gasteiger partial charge on any atom is -0.305 e. The van der Waals surface area contributed by atoms with Crippen molar-refractivity contribution in [1.29, 1.82) is 0 Å². The van der Waals surface area contributed by atoms with Gasteiger partial charge in [0.25, 0.3) is 0 Å². The summed E-state index contributed by atoms with van der Waals surface area (Å²) in [6, 6.07) is 11.5. The normalized spacial score (nSPS) is 12.3. The van der Waals surface area contributed by atoms with Crippen molar-refractivity contribution in [3.63, 3.8) is 0 Å². The lowest BCUT2D eigenvalue weighted by Crippen LogP contribution is -2.19. The molecule has 31 heavy (non-hydrogen) atoms. The Bertz CT molecular complexity index is 1230. The predicted molar refractivity (Wildman–Crippen MR) is 120 cm³/mol. The molecular weight excluding hydrogens is 414 g/mol. The van der Waals surface area contributed by atoms with Crippen molar-refractivity contribution in [2.75, 3.05) is 0 Å². The average Bonchev–Trinajstić information content (AvgIpc) is 3.29. The van der Waals surface area contributed by atoms with Gasteiger partial charge < -0.3 is 5.32 Å². The van der Waals surface area contributed by atoms with Crippen LogP contribution in [-0.4, -0.2) is 14.8 Å². The third-order valence-corrected chi connectivity index (χ3v) is 6.20. The molecule has 1 atom stereocenters. The Labute approximate surface area is 184 Å². The number of rotatable bonds is 6. The summed E-state index contributed by atoms with van der Waals surface area (Å²) >= 11 is 1.69. The Hall–Kier alpha value is -2.90. The molecule has 7 heteroatoms. The van der Waals surface area contributed by atoms with E-state index in [0.717, 1.165) is 39.2 Å². The number of hydrogen-bond donors (Lipinski definition) is 1. The SMILES string of the molecule is Cc1nc([C@H](C)NCc2cn(-c3ccc(F)cc3F)nc2-c2ccccc2C)c(C)s1. The first-order chi connectivity index (χ1) is 14.8. The van der Waals surface area contributed by atoms with Gasteiger partial charge in [-0.3, -0.25) is 0 Å². The fraction of sp³-hybridized carbons (Fsp3) is 0.250. The fourth-order valence-electron chi connectivity index (χ4n) is 3.70. The third kappa shape index (κ3) is 4.43. The zero-order valence-electron chi connectivity index (χ0n) is 17.9. The summed E-state index contributed by atoms with van der Waals surface area (Å²) in [5.41, 5.74) is 5.00. The molecule has 2 heterocycles. The number of halogens is 2. The Kier molecular flexibility index (Phi) is 5.98. The summed E-state index contributed by atoms with van der Waals surface area (Å²) in [6.07, 6.45) is 1.80. The van der Waals surface area contributed by atoms with Gasteiger partial charge in [0, 0.05) is 40.9 Å². The monoisotopic (exact) mass is 438 g/mol. The predicted octanol–water partition coefficient (Wildman–Crippen LogP) is 6.05. The number of aryl methyl sites for hydroxylation is 3. The Morgan fingerprint density at radius 3 is 2.55 bits per heavy atom. The topological polar surface area (TPSA) is 42.7 Å². The molecule has 0 unspecified atom stereocenters. The minimum atomic E-state index is -0.653. The first-order valence-electron chi connectivity index (χ1n) is 10.1. The highest BCUT2D eigenvalue weighted by Gasteiger charge is 2.18. The van der Waals surface area contributed by atoms with Gasteiger partial charge in [-0.1, -0.05) is 24.3 Å². The van der Waals surface area contributed by atoms with E-state index in [4.69, 9.17) is 0 Å². The molecule has 4 aromatic rings. The smallest absolute Gasteiger partial charge is 0.151 e. The summed E-state index contributed by atoms with van der Waals surface area (Å²) in [6.45, 7) is 8.72. The molecule has 2 aromatic heterocycles. The molecule has 0 spiro atoms. The molecule has 2 aromatic carbocycles. The van der Waals surface area contributed by atoms with Crippen LogP contribution in [0, 0.1) is 32.4 Å². The number of aromatic nitrogens is 3. The molecule has 4 nitrogen and oxygen atoms in total. The molecule has 160 valence electrons. The largest absolute Gasteiger partial charge is 0.305 e. The second-order valence-electron chi connectivity index (χ2n) is 7.64. The van der Waals surface area contributed by atoms with Crippen LogP contribution in [0.4, 0.5) is 8.78 Å². The molecule has 0 saturated carbocycles. The van der Waals surface area contributed by atoms with E-state index in [2.05, 4.69) is 29.2 Å². The molecule has 0 fully saturated rings. The second kappa shape index (κ2) is 8.69. The molecule has 0 saturated heterocycles. The summed E-state index contributed by atoms with van der Waals surface area (Å²) in [7, 11) is 0. The summed E-state index contributed by atoms with van der Waals surface area (Å²) in [5.74, 6) is -1.27. The number of thiazole rings is 1. The standard InChI is InChI=1S/C24H24F2N4S/c1-14-7-5-6-8-20(14)24-18(12-27-15(2)23-16(3)31-17(4)28-23)13-30(29-24)22-10-9-19(25)11-21(22)26/h5-11,13,15,27H,12H2,1-4H3/t15-/m0/s1. The van der Waals surface area contributed by atoms with Gasteiger partial charge in [-0.05, 0) is 45.4 Å². The van der Waals surface area contributed by atoms with Crippen LogP contribution in [-0.2, 0) is 6.54 Å². The van der Waals surface area contributed by atoms with Crippen LogP contribution in [0.15, 0.2) is 48.7 Å². The number of hydrogen-bond acceptors (Lipinski definition) is 4. The molecule has 0 amide bonds. The van der Waals surface area contributed by atoms with Gasteiger partial charge in [0.05, 0.1) is 16.4 Å². The highest BCUT2D eigenvalue weighted by Crippen LogP contribution is 2.28. The van der Waals surface area contributed by atoms with Gasteiger partial charge in [-0.15, -0.1) is 11.3 Å². The van der Waals surface area contributed by atoms with Crippen LogP contribution in [0.2, 0.25) is 0 Å². The van der Waals surface area contributed by atoms with Crippen LogP contribution in [0.3, 0.4) is 0 Å². The van der Waals surface area contributed by atoms with Crippen molar-refractivity contribution in [3.8, 4) is 16.9 Å². The lowest BCUT2D eigenvalue weighted by molar-refractivity contribution is 0.561. The molecule has 0 radical (unpaired) electrons. The maximum atomic E-state index is 14.4. The van der Waals surface area contributed by atoms with Crippen molar-refractivity contribution >= 4 is 11.3 Å². The maximum Gasteiger partial charge on any atom is 0.151 e. The van der Waals surface area contributed by atoms with Crippen LogP contribution < -0.4 is 5.32 Å². The van der Waals surface area contributed by atoms with E-state index in [1.54, 1.807) is 17.5 Å². The van der Waals surface area contributed by atoms with Gasteiger partial charge >= 0.3 is 0 Å². The van der Waals surface area contributed by atoms with E-state index >= 15 is 0 Å². The van der Waals surface area contributed by atoms with E-state index in [1.165, 1.54) is 21.7 Å². The van der Waals surface area contributed by atoms with Gasteiger partial charge in [0.1, 0.15) is 11.5 Å². The van der Waals surface area contributed by atoms with E-state index in [1.807, 2.05) is 38.1 Å². The Morgan fingerprint density at radius 2 is 1.87 bits per heavy atom. The molecule has 0 aliphatic rings.